The average molecular weight is 466 g/mol. The van der Waals surface area contributed by atoms with Crippen molar-refractivity contribution in [3.63, 3.8) is 0 Å². The molecule has 0 fully saturated rings. The summed E-state index contributed by atoms with van der Waals surface area (Å²) in [5.41, 5.74) is 1.42. The molecule has 0 aliphatic carbocycles. The van der Waals surface area contributed by atoms with E-state index in [0.29, 0.717) is 36.7 Å². The van der Waals surface area contributed by atoms with Gasteiger partial charge in [0.05, 0.1) is 12.8 Å². The fraction of sp³-hybridized carbons (Fsp3) is 0.240. The predicted molar refractivity (Wildman–Crippen MR) is 125 cm³/mol. The quantitative estimate of drug-likeness (QED) is 0.353. The number of hydrogen-bond acceptors (Lipinski definition) is 5. The molecule has 0 radical (unpaired) electrons. The minimum atomic E-state index is -0.896. The molecule has 1 atom stereocenters. The van der Waals surface area contributed by atoms with Gasteiger partial charge < -0.3 is 19.3 Å². The van der Waals surface area contributed by atoms with E-state index in [9.17, 15) is 18.7 Å². The van der Waals surface area contributed by atoms with Crippen LogP contribution < -0.4 is 9.64 Å². The Hall–Kier alpha value is -4.01. The Bertz CT molecular complexity index is 1310. The van der Waals surface area contributed by atoms with E-state index in [1.807, 2.05) is 18.2 Å². The SMILES string of the molecule is CC(C(=O)O)n1ccc2cc(OCCCN(C)c3nc(-c4ccc(F)cc4)ncc3F)ccc21. The third-order valence-electron chi connectivity index (χ3n) is 5.56. The minimum absolute atomic E-state index is 0.157. The smallest absolute Gasteiger partial charge is 0.326 e. The Morgan fingerprint density at radius 3 is 2.68 bits per heavy atom. The molecule has 2 aromatic carbocycles. The van der Waals surface area contributed by atoms with Crippen molar-refractivity contribution >= 4 is 22.7 Å². The van der Waals surface area contributed by atoms with Gasteiger partial charge in [0.2, 0.25) is 0 Å². The third kappa shape index (κ3) is 4.98. The number of anilines is 1. The van der Waals surface area contributed by atoms with Gasteiger partial charge in [0, 0.05) is 36.3 Å². The lowest BCUT2D eigenvalue weighted by molar-refractivity contribution is -0.140. The lowest BCUT2D eigenvalue weighted by Gasteiger charge is -2.19. The number of carboxylic acids is 1. The molecular weight excluding hydrogens is 442 g/mol. The first-order valence-electron chi connectivity index (χ1n) is 10.8. The molecule has 7 nitrogen and oxygen atoms in total. The van der Waals surface area contributed by atoms with E-state index < -0.39 is 17.8 Å². The van der Waals surface area contributed by atoms with Crippen LogP contribution in [0.1, 0.15) is 19.4 Å². The van der Waals surface area contributed by atoms with Crippen LogP contribution in [0.15, 0.2) is 60.9 Å². The van der Waals surface area contributed by atoms with Crippen molar-refractivity contribution in [1.29, 1.82) is 0 Å². The summed E-state index contributed by atoms with van der Waals surface area (Å²) in [5, 5.41) is 10.1. The number of rotatable bonds is 9. The number of aliphatic carboxylic acids is 1. The van der Waals surface area contributed by atoms with Crippen LogP contribution in [-0.4, -0.2) is 45.8 Å². The van der Waals surface area contributed by atoms with Crippen molar-refractivity contribution in [3.05, 3.63) is 72.6 Å². The number of halogens is 2. The van der Waals surface area contributed by atoms with Gasteiger partial charge in [0.25, 0.3) is 0 Å². The Morgan fingerprint density at radius 1 is 1.18 bits per heavy atom. The molecule has 0 saturated carbocycles. The van der Waals surface area contributed by atoms with E-state index in [1.54, 1.807) is 47.8 Å². The number of fused-ring (bicyclic) bond motifs is 1. The molecule has 176 valence electrons. The molecule has 0 bridgehead atoms. The van der Waals surface area contributed by atoms with Crippen molar-refractivity contribution in [2.45, 2.75) is 19.4 Å². The summed E-state index contributed by atoms with van der Waals surface area (Å²) in [5.74, 6) is -0.661. The summed E-state index contributed by atoms with van der Waals surface area (Å²) in [6.07, 6.45) is 3.47. The Balaban J connectivity index is 1.36. The highest BCUT2D eigenvalue weighted by molar-refractivity contribution is 5.84. The molecule has 34 heavy (non-hydrogen) atoms. The van der Waals surface area contributed by atoms with Crippen LogP contribution in [0, 0.1) is 11.6 Å². The summed E-state index contributed by atoms with van der Waals surface area (Å²) < 4.78 is 35.0. The largest absolute Gasteiger partial charge is 0.494 e. The molecule has 2 aromatic heterocycles. The molecule has 4 aromatic rings. The number of ether oxygens (including phenoxy) is 1. The highest BCUT2D eigenvalue weighted by Crippen LogP contribution is 2.25. The fourth-order valence-corrected chi connectivity index (χ4v) is 3.65. The Morgan fingerprint density at radius 2 is 1.94 bits per heavy atom. The molecule has 9 heteroatoms. The molecule has 1 N–H and O–H groups in total. The zero-order valence-electron chi connectivity index (χ0n) is 18.8. The summed E-state index contributed by atoms with van der Waals surface area (Å²) in [4.78, 5) is 21.3. The highest BCUT2D eigenvalue weighted by Gasteiger charge is 2.16. The number of aromatic nitrogens is 3. The maximum Gasteiger partial charge on any atom is 0.326 e. The van der Waals surface area contributed by atoms with Gasteiger partial charge in [-0.15, -0.1) is 0 Å². The molecule has 0 spiro atoms. The second-order valence-electron chi connectivity index (χ2n) is 7.95. The van der Waals surface area contributed by atoms with Gasteiger partial charge in [-0.3, -0.25) is 0 Å². The van der Waals surface area contributed by atoms with Crippen molar-refractivity contribution in [3.8, 4) is 17.1 Å². The van der Waals surface area contributed by atoms with Crippen molar-refractivity contribution in [2.24, 2.45) is 0 Å². The van der Waals surface area contributed by atoms with Crippen LogP contribution >= 0.6 is 0 Å². The topological polar surface area (TPSA) is 80.5 Å². The Labute approximate surface area is 195 Å². The number of hydrogen-bond donors (Lipinski definition) is 1. The number of carboxylic acid groups (broad SMARTS) is 1. The molecule has 0 aliphatic heterocycles. The zero-order chi connectivity index (χ0) is 24.2. The van der Waals surface area contributed by atoms with E-state index in [4.69, 9.17) is 4.74 Å². The van der Waals surface area contributed by atoms with Gasteiger partial charge in [-0.05, 0) is 61.9 Å². The van der Waals surface area contributed by atoms with Gasteiger partial charge in [-0.1, -0.05) is 0 Å². The third-order valence-corrected chi connectivity index (χ3v) is 5.56. The van der Waals surface area contributed by atoms with Crippen LogP contribution in [0.25, 0.3) is 22.3 Å². The molecule has 1 unspecified atom stereocenters. The number of carbonyl (C=O) groups is 1. The van der Waals surface area contributed by atoms with Crippen LogP contribution in [0.4, 0.5) is 14.6 Å². The van der Waals surface area contributed by atoms with E-state index in [2.05, 4.69) is 9.97 Å². The van der Waals surface area contributed by atoms with Crippen molar-refractivity contribution in [1.82, 2.24) is 14.5 Å². The minimum Gasteiger partial charge on any atom is -0.494 e. The maximum atomic E-state index is 14.3. The molecule has 2 heterocycles. The van der Waals surface area contributed by atoms with E-state index in [-0.39, 0.29) is 11.6 Å². The Kier molecular flexibility index (Phi) is 6.72. The van der Waals surface area contributed by atoms with Crippen LogP contribution in [-0.2, 0) is 4.79 Å². The van der Waals surface area contributed by atoms with Crippen LogP contribution in [0.5, 0.6) is 5.75 Å². The molecule has 0 saturated heterocycles. The van der Waals surface area contributed by atoms with E-state index in [1.165, 1.54) is 12.1 Å². The van der Waals surface area contributed by atoms with Gasteiger partial charge in [0.1, 0.15) is 17.6 Å². The van der Waals surface area contributed by atoms with Crippen molar-refractivity contribution < 1.29 is 23.4 Å². The zero-order valence-corrected chi connectivity index (χ0v) is 18.8. The number of benzene rings is 2. The highest BCUT2D eigenvalue weighted by atomic mass is 19.1. The molecule has 0 aliphatic rings. The fourth-order valence-electron chi connectivity index (χ4n) is 3.65. The second-order valence-corrected chi connectivity index (χ2v) is 7.95. The molecular formula is C25H24F2N4O3. The van der Waals surface area contributed by atoms with E-state index in [0.717, 1.165) is 17.1 Å². The lowest BCUT2D eigenvalue weighted by Crippen LogP contribution is -2.23. The summed E-state index contributed by atoms with van der Waals surface area (Å²) >= 11 is 0. The summed E-state index contributed by atoms with van der Waals surface area (Å²) in [7, 11) is 1.73. The number of nitrogens with zero attached hydrogens (tertiary/aromatic N) is 4. The van der Waals surface area contributed by atoms with Crippen molar-refractivity contribution in [2.75, 3.05) is 25.1 Å². The first-order chi connectivity index (χ1) is 16.3. The predicted octanol–water partition coefficient (Wildman–Crippen LogP) is 4.93. The average Bonchev–Trinajstić information content (AvgIpc) is 3.25. The van der Waals surface area contributed by atoms with Gasteiger partial charge in [-0.2, -0.15) is 0 Å². The van der Waals surface area contributed by atoms with Crippen LogP contribution in [0.2, 0.25) is 0 Å². The van der Waals surface area contributed by atoms with E-state index >= 15 is 0 Å². The monoisotopic (exact) mass is 466 g/mol. The molecule has 0 amide bonds. The van der Waals surface area contributed by atoms with Gasteiger partial charge in [0.15, 0.2) is 17.5 Å². The van der Waals surface area contributed by atoms with Gasteiger partial charge >= 0.3 is 5.97 Å². The normalized spacial score (nSPS) is 12.0. The summed E-state index contributed by atoms with van der Waals surface area (Å²) in [6.45, 7) is 2.52. The second kappa shape index (κ2) is 9.86. The van der Waals surface area contributed by atoms with Gasteiger partial charge in [-0.25, -0.2) is 23.5 Å². The lowest BCUT2D eigenvalue weighted by atomic mass is 10.2. The first kappa shape index (κ1) is 23.2. The standard InChI is InChI=1S/C25H24F2N4O3/c1-16(25(32)33)31-12-10-18-14-20(8-9-22(18)31)34-13-3-11-30(2)24-21(27)15-28-23(29-24)17-4-6-19(26)7-5-17/h4-10,12,14-16H,3,11,13H2,1-2H3,(H,32,33). The maximum absolute atomic E-state index is 14.3. The van der Waals surface area contributed by atoms with Crippen LogP contribution in [0.3, 0.4) is 0 Å². The summed E-state index contributed by atoms with van der Waals surface area (Å²) in [6, 6.07) is 12.4. The molecule has 4 rings (SSSR count). The first-order valence-corrected chi connectivity index (χ1v) is 10.8.